The smallest absolute Gasteiger partial charge is 0.329 e. The van der Waals surface area contributed by atoms with Crippen LogP contribution < -0.4 is 5.32 Å². The molecule has 0 aliphatic heterocycles. The van der Waals surface area contributed by atoms with Crippen LogP contribution in [0.25, 0.3) is 0 Å². The van der Waals surface area contributed by atoms with Crippen molar-refractivity contribution in [2.45, 2.75) is 129 Å². The highest BCUT2D eigenvalue weighted by molar-refractivity contribution is 7.40. The van der Waals surface area contributed by atoms with Gasteiger partial charge in [0.05, 0.1) is 19.8 Å². The zero-order valence-electron chi connectivity index (χ0n) is 23.4. The van der Waals surface area contributed by atoms with E-state index in [4.69, 9.17) is 13.8 Å². The van der Waals surface area contributed by atoms with Crippen LogP contribution in [0.2, 0.25) is 0 Å². The second-order valence-corrected chi connectivity index (χ2v) is 11.0. The van der Waals surface area contributed by atoms with Gasteiger partial charge in [0.15, 0.2) is 0 Å². The Labute approximate surface area is 218 Å². The Bertz CT molecular complexity index is 442. The zero-order valence-corrected chi connectivity index (χ0v) is 24.3. The van der Waals surface area contributed by atoms with Crippen LogP contribution in [-0.2, 0) is 18.6 Å². The van der Waals surface area contributed by atoms with Crippen molar-refractivity contribution in [3.05, 3.63) is 0 Å². The third-order valence-corrected chi connectivity index (χ3v) is 7.04. The van der Waals surface area contributed by atoms with Crippen molar-refractivity contribution in [3.8, 4) is 0 Å². The predicted molar refractivity (Wildman–Crippen MR) is 149 cm³/mol. The topological polar surface area (TPSA) is 77.0 Å². The fourth-order valence-corrected chi connectivity index (χ4v) is 4.87. The summed E-state index contributed by atoms with van der Waals surface area (Å²) in [4.78, 5) is 21.4. The van der Waals surface area contributed by atoms with Gasteiger partial charge in [-0.15, -0.1) is 0 Å². The first kappa shape index (κ1) is 34.9. The molecule has 2 N–H and O–H groups in total. The number of Topliss-reactive ketones (excluding diaryl/α,β-unsaturated/α-hetero) is 1. The second kappa shape index (κ2) is 28.5. The summed E-state index contributed by atoms with van der Waals surface area (Å²) < 4.78 is 16.5. The molecule has 7 heteroatoms. The molecule has 0 aliphatic rings. The van der Waals surface area contributed by atoms with Gasteiger partial charge in [0, 0.05) is 18.9 Å². The summed E-state index contributed by atoms with van der Waals surface area (Å²) in [7, 11) is -0.0105. The first-order valence-corrected chi connectivity index (χ1v) is 15.7. The number of ketones is 1. The Hall–Kier alpha value is -0.100. The van der Waals surface area contributed by atoms with E-state index in [1.165, 1.54) is 96.3 Å². The van der Waals surface area contributed by atoms with Gasteiger partial charge in [-0.3, -0.25) is 0 Å². The van der Waals surface area contributed by atoms with Gasteiger partial charge in [-0.25, -0.2) is 0 Å². The molecule has 0 bridgehead atoms. The van der Waals surface area contributed by atoms with E-state index < -0.39 is 8.60 Å². The molecule has 2 atom stereocenters. The molecule has 0 fully saturated rings. The number of carbonyl (C=O) groups excluding carboxylic acids is 1. The van der Waals surface area contributed by atoms with Crippen LogP contribution in [-0.4, -0.2) is 50.7 Å². The summed E-state index contributed by atoms with van der Waals surface area (Å²) in [6, 6.07) is 0. The normalized spacial score (nSPS) is 13.3. The van der Waals surface area contributed by atoms with Crippen LogP contribution in [0.1, 0.15) is 129 Å². The van der Waals surface area contributed by atoms with Gasteiger partial charge in [-0.05, 0) is 33.4 Å². The summed E-state index contributed by atoms with van der Waals surface area (Å²) in [5.41, 5.74) is 0. The lowest BCUT2D eigenvalue weighted by molar-refractivity contribution is -0.118. The van der Waals surface area contributed by atoms with Crippen molar-refractivity contribution < 1.29 is 23.5 Å². The number of hydrogen-bond acceptors (Lipinski definition) is 6. The fraction of sp³-hybridized carbons (Fsp3) is 0.964. The number of nitrogens with one attached hydrogen (secondary N) is 1. The van der Waals surface area contributed by atoms with Crippen LogP contribution in [0.3, 0.4) is 0 Å². The highest BCUT2D eigenvalue weighted by atomic mass is 31.2. The third kappa shape index (κ3) is 28.3. The zero-order chi connectivity index (χ0) is 25.8. The number of unbranched alkanes of at least 4 members (excludes halogenated alkanes) is 15. The number of hydrogen-bond donors (Lipinski definition) is 2. The molecular weight excluding hydrogens is 461 g/mol. The van der Waals surface area contributed by atoms with E-state index in [0.29, 0.717) is 19.6 Å². The molecule has 0 saturated carbocycles. The lowest BCUT2D eigenvalue weighted by Crippen LogP contribution is -2.19. The molecule has 0 radical (unpaired) electrons. The Morgan fingerprint density at radius 1 is 0.743 bits per heavy atom. The highest BCUT2D eigenvalue weighted by Gasteiger charge is 2.16. The lowest BCUT2D eigenvalue weighted by atomic mass is 10.0. The van der Waals surface area contributed by atoms with E-state index >= 15 is 0 Å². The standard InChI is InChI=1S/C28H58NO5P/c1-4-5-6-7-8-9-10-11-12-13-14-15-16-17-18-19-22-32-25-28(24-27(2)30)26-34-35(31)33-23-20-21-29-3/h28-29,31H,4-26H2,1-3H3. The minimum absolute atomic E-state index is 0.0355. The van der Waals surface area contributed by atoms with Crippen molar-refractivity contribution in [2.24, 2.45) is 5.92 Å². The van der Waals surface area contributed by atoms with Gasteiger partial charge in [-0.2, -0.15) is 0 Å². The van der Waals surface area contributed by atoms with Crippen molar-refractivity contribution in [3.63, 3.8) is 0 Å². The lowest BCUT2D eigenvalue weighted by Gasteiger charge is -2.18. The molecule has 0 spiro atoms. The maximum Gasteiger partial charge on any atom is 0.329 e. The van der Waals surface area contributed by atoms with E-state index in [2.05, 4.69) is 12.2 Å². The number of rotatable bonds is 29. The summed E-state index contributed by atoms with van der Waals surface area (Å²) in [6.45, 7) is 6.65. The Morgan fingerprint density at radius 3 is 1.74 bits per heavy atom. The van der Waals surface area contributed by atoms with Gasteiger partial charge >= 0.3 is 8.60 Å². The molecule has 210 valence electrons. The SMILES string of the molecule is CCCCCCCCCCCCCCCCCCOCC(COP(O)OCCCNC)CC(C)=O. The molecule has 0 saturated heterocycles. The monoisotopic (exact) mass is 519 g/mol. The van der Waals surface area contributed by atoms with Gasteiger partial charge in [0.1, 0.15) is 5.78 Å². The van der Waals surface area contributed by atoms with Crippen LogP contribution in [0, 0.1) is 5.92 Å². The molecule has 0 rings (SSSR count). The maximum atomic E-state index is 11.5. The first-order chi connectivity index (χ1) is 17.1. The second-order valence-electron chi connectivity index (χ2n) is 9.97. The summed E-state index contributed by atoms with van der Waals surface area (Å²) in [5, 5.41) is 3.03. The predicted octanol–water partition coefficient (Wildman–Crippen LogP) is 7.72. The number of ether oxygens (including phenoxy) is 1. The van der Waals surface area contributed by atoms with E-state index in [1.807, 2.05) is 7.05 Å². The van der Waals surface area contributed by atoms with E-state index in [0.717, 1.165) is 26.0 Å². The van der Waals surface area contributed by atoms with Crippen molar-refractivity contribution >= 4 is 14.4 Å². The van der Waals surface area contributed by atoms with E-state index in [1.54, 1.807) is 6.92 Å². The molecule has 0 aromatic carbocycles. The molecule has 0 amide bonds. The molecular formula is C28H58NO5P. The minimum atomic E-state index is -1.89. The van der Waals surface area contributed by atoms with Crippen molar-refractivity contribution in [1.29, 1.82) is 0 Å². The Morgan fingerprint density at radius 2 is 1.26 bits per heavy atom. The van der Waals surface area contributed by atoms with Crippen molar-refractivity contribution in [1.82, 2.24) is 5.32 Å². The molecule has 0 aromatic rings. The van der Waals surface area contributed by atoms with Gasteiger partial charge < -0.3 is 28.8 Å². The van der Waals surface area contributed by atoms with Gasteiger partial charge in [-0.1, -0.05) is 103 Å². The molecule has 35 heavy (non-hydrogen) atoms. The number of carbonyl (C=O) groups is 1. The Balaban J connectivity index is 3.52. The van der Waals surface area contributed by atoms with E-state index in [-0.39, 0.29) is 18.3 Å². The summed E-state index contributed by atoms with van der Waals surface area (Å²) in [6.07, 6.45) is 23.0. The average molecular weight is 520 g/mol. The van der Waals surface area contributed by atoms with Crippen LogP contribution >= 0.6 is 8.60 Å². The molecule has 6 nitrogen and oxygen atoms in total. The quantitative estimate of drug-likeness (QED) is 0.0778. The van der Waals surface area contributed by atoms with E-state index in [9.17, 15) is 9.69 Å². The highest BCUT2D eigenvalue weighted by Crippen LogP contribution is 2.33. The fourth-order valence-electron chi connectivity index (χ4n) is 4.17. The maximum absolute atomic E-state index is 11.5. The largest absolute Gasteiger partial charge is 0.381 e. The van der Waals surface area contributed by atoms with Gasteiger partial charge in [0.25, 0.3) is 0 Å². The molecule has 0 aromatic heterocycles. The first-order valence-electron chi connectivity index (χ1n) is 14.6. The van der Waals surface area contributed by atoms with Gasteiger partial charge in [0.2, 0.25) is 0 Å². The molecule has 2 unspecified atom stereocenters. The third-order valence-electron chi connectivity index (χ3n) is 6.27. The summed E-state index contributed by atoms with van der Waals surface area (Å²) in [5.74, 6) is 0.0773. The Kier molecular flexibility index (Phi) is 28.4. The van der Waals surface area contributed by atoms with Crippen LogP contribution in [0.5, 0.6) is 0 Å². The average Bonchev–Trinajstić information content (AvgIpc) is 2.84. The van der Waals surface area contributed by atoms with Crippen LogP contribution in [0.15, 0.2) is 0 Å². The molecule has 0 aliphatic carbocycles. The van der Waals surface area contributed by atoms with Crippen LogP contribution in [0.4, 0.5) is 0 Å². The molecule has 0 heterocycles. The minimum Gasteiger partial charge on any atom is -0.381 e. The van der Waals surface area contributed by atoms with Crippen molar-refractivity contribution in [2.75, 3.05) is 40.0 Å². The summed E-state index contributed by atoms with van der Waals surface area (Å²) >= 11 is 0.